The first-order valence-corrected chi connectivity index (χ1v) is 8.42. The molecule has 7 nitrogen and oxygen atoms in total. The van der Waals surface area contributed by atoms with Crippen LogP contribution in [0.4, 0.5) is 0 Å². The standard InChI is InChI=1S/C21H17NO6/c1-12-5-4-6-16(9-12)20-22-17(21(25)28-20)10-15-7-8-18(26-13(2)23)19(11-15)27-14(3)24/h4-11H,1-3H3. The molecular formula is C21H17NO6. The Morgan fingerprint density at radius 1 is 1.00 bits per heavy atom. The predicted octanol–water partition coefficient (Wildman–Crippen LogP) is 3.19. The third kappa shape index (κ3) is 4.50. The molecule has 0 aromatic heterocycles. The van der Waals surface area contributed by atoms with Crippen molar-refractivity contribution in [3.8, 4) is 11.5 Å². The van der Waals surface area contributed by atoms with Gasteiger partial charge in [-0.15, -0.1) is 0 Å². The molecule has 0 atom stereocenters. The van der Waals surface area contributed by atoms with E-state index in [2.05, 4.69) is 4.99 Å². The fraction of sp³-hybridized carbons (Fsp3) is 0.143. The molecule has 0 saturated heterocycles. The first-order chi connectivity index (χ1) is 13.3. The molecule has 142 valence electrons. The van der Waals surface area contributed by atoms with E-state index in [-0.39, 0.29) is 23.1 Å². The van der Waals surface area contributed by atoms with Crippen molar-refractivity contribution < 1.29 is 28.6 Å². The molecule has 2 aromatic rings. The number of benzene rings is 2. The number of esters is 3. The molecule has 0 spiro atoms. The quantitative estimate of drug-likeness (QED) is 0.460. The summed E-state index contributed by atoms with van der Waals surface area (Å²) in [5.74, 6) is -1.33. The summed E-state index contributed by atoms with van der Waals surface area (Å²) in [5, 5.41) is 0. The van der Waals surface area contributed by atoms with Gasteiger partial charge >= 0.3 is 17.9 Å². The van der Waals surface area contributed by atoms with Crippen LogP contribution >= 0.6 is 0 Å². The normalized spacial score (nSPS) is 14.5. The third-order valence-electron chi connectivity index (χ3n) is 3.66. The van der Waals surface area contributed by atoms with Crippen LogP contribution in [0.3, 0.4) is 0 Å². The summed E-state index contributed by atoms with van der Waals surface area (Å²) in [6, 6.07) is 12.0. The monoisotopic (exact) mass is 379 g/mol. The fourth-order valence-electron chi connectivity index (χ4n) is 2.56. The van der Waals surface area contributed by atoms with Gasteiger partial charge < -0.3 is 14.2 Å². The Morgan fingerprint density at radius 3 is 2.39 bits per heavy atom. The molecule has 0 bridgehead atoms. The van der Waals surface area contributed by atoms with Crippen molar-refractivity contribution >= 4 is 29.9 Å². The summed E-state index contributed by atoms with van der Waals surface area (Å²) in [4.78, 5) is 38.9. The van der Waals surface area contributed by atoms with Gasteiger partial charge in [-0.05, 0) is 42.8 Å². The Labute approximate surface area is 161 Å². The highest BCUT2D eigenvalue weighted by Crippen LogP contribution is 2.30. The molecule has 1 aliphatic rings. The molecule has 0 fully saturated rings. The van der Waals surface area contributed by atoms with E-state index >= 15 is 0 Å². The zero-order valence-corrected chi connectivity index (χ0v) is 15.5. The van der Waals surface area contributed by atoms with Crippen LogP contribution in [-0.4, -0.2) is 23.8 Å². The highest BCUT2D eigenvalue weighted by molar-refractivity contribution is 6.12. The molecule has 0 unspecified atom stereocenters. The zero-order valence-electron chi connectivity index (χ0n) is 15.5. The number of carbonyl (C=O) groups is 3. The molecule has 3 rings (SSSR count). The number of cyclic esters (lactones) is 1. The lowest BCUT2D eigenvalue weighted by molar-refractivity contribution is -0.134. The van der Waals surface area contributed by atoms with E-state index in [1.807, 2.05) is 25.1 Å². The van der Waals surface area contributed by atoms with E-state index < -0.39 is 17.9 Å². The number of aryl methyl sites for hydroxylation is 1. The van der Waals surface area contributed by atoms with Gasteiger partial charge in [0.2, 0.25) is 5.90 Å². The van der Waals surface area contributed by atoms with Crippen molar-refractivity contribution in [1.29, 1.82) is 0 Å². The summed E-state index contributed by atoms with van der Waals surface area (Å²) in [7, 11) is 0. The average molecular weight is 379 g/mol. The maximum atomic E-state index is 12.2. The van der Waals surface area contributed by atoms with Crippen LogP contribution in [0.1, 0.15) is 30.5 Å². The number of aliphatic imine (C=N–C) groups is 1. The fourth-order valence-corrected chi connectivity index (χ4v) is 2.56. The highest BCUT2D eigenvalue weighted by Gasteiger charge is 2.24. The van der Waals surface area contributed by atoms with Gasteiger partial charge in [0.15, 0.2) is 17.2 Å². The van der Waals surface area contributed by atoms with E-state index in [0.29, 0.717) is 11.1 Å². The lowest BCUT2D eigenvalue weighted by atomic mass is 10.1. The Morgan fingerprint density at radius 2 is 1.71 bits per heavy atom. The van der Waals surface area contributed by atoms with Crippen LogP contribution in [-0.2, 0) is 19.1 Å². The van der Waals surface area contributed by atoms with Gasteiger partial charge in [0, 0.05) is 19.4 Å². The van der Waals surface area contributed by atoms with Crippen LogP contribution in [0.25, 0.3) is 6.08 Å². The van der Waals surface area contributed by atoms with Crippen LogP contribution in [0.2, 0.25) is 0 Å². The van der Waals surface area contributed by atoms with Crippen LogP contribution in [0.15, 0.2) is 53.2 Å². The smallest absolute Gasteiger partial charge is 0.363 e. The van der Waals surface area contributed by atoms with Crippen molar-refractivity contribution in [3.63, 3.8) is 0 Å². The minimum absolute atomic E-state index is 0.0614. The van der Waals surface area contributed by atoms with E-state index in [0.717, 1.165) is 5.56 Å². The number of hydrogen-bond donors (Lipinski definition) is 0. The van der Waals surface area contributed by atoms with Gasteiger partial charge in [0.05, 0.1) is 0 Å². The topological polar surface area (TPSA) is 91.3 Å². The van der Waals surface area contributed by atoms with Crippen LogP contribution in [0.5, 0.6) is 11.5 Å². The molecular weight excluding hydrogens is 362 g/mol. The van der Waals surface area contributed by atoms with Gasteiger partial charge in [-0.2, -0.15) is 0 Å². The molecule has 0 amide bonds. The largest absolute Gasteiger partial charge is 0.423 e. The third-order valence-corrected chi connectivity index (χ3v) is 3.66. The van der Waals surface area contributed by atoms with Gasteiger partial charge in [0.25, 0.3) is 0 Å². The molecule has 0 radical (unpaired) electrons. The summed E-state index contributed by atoms with van der Waals surface area (Å²) in [6.07, 6.45) is 1.50. The van der Waals surface area contributed by atoms with Gasteiger partial charge in [0.1, 0.15) is 0 Å². The van der Waals surface area contributed by atoms with Crippen LogP contribution in [0, 0.1) is 6.92 Å². The Hall–Kier alpha value is -3.74. The van der Waals surface area contributed by atoms with Crippen molar-refractivity contribution in [3.05, 3.63) is 64.9 Å². The van der Waals surface area contributed by atoms with E-state index in [1.165, 1.54) is 32.1 Å². The summed E-state index contributed by atoms with van der Waals surface area (Å²) < 4.78 is 15.4. The number of nitrogens with zero attached hydrogens (tertiary/aromatic N) is 1. The van der Waals surface area contributed by atoms with Crippen LogP contribution < -0.4 is 9.47 Å². The Bertz CT molecular complexity index is 1030. The molecule has 1 aliphatic heterocycles. The highest BCUT2D eigenvalue weighted by atomic mass is 16.6. The first-order valence-electron chi connectivity index (χ1n) is 8.42. The molecule has 28 heavy (non-hydrogen) atoms. The second kappa shape index (κ2) is 7.87. The number of carbonyl (C=O) groups excluding carboxylic acids is 3. The second-order valence-corrected chi connectivity index (χ2v) is 6.10. The summed E-state index contributed by atoms with van der Waals surface area (Å²) in [5.41, 5.74) is 2.34. The molecule has 1 heterocycles. The van der Waals surface area contributed by atoms with E-state index in [4.69, 9.17) is 14.2 Å². The number of ether oxygens (including phenoxy) is 3. The molecule has 0 aliphatic carbocycles. The molecule has 7 heteroatoms. The van der Waals surface area contributed by atoms with Crippen molar-refractivity contribution in [1.82, 2.24) is 0 Å². The maximum absolute atomic E-state index is 12.2. The lowest BCUT2D eigenvalue weighted by Gasteiger charge is -2.09. The number of hydrogen-bond acceptors (Lipinski definition) is 7. The Balaban J connectivity index is 1.94. The Kier molecular flexibility index (Phi) is 5.35. The van der Waals surface area contributed by atoms with E-state index in [9.17, 15) is 14.4 Å². The minimum Gasteiger partial charge on any atom is -0.423 e. The van der Waals surface area contributed by atoms with E-state index in [1.54, 1.807) is 12.1 Å². The number of rotatable bonds is 4. The molecule has 0 N–H and O–H groups in total. The summed E-state index contributed by atoms with van der Waals surface area (Å²) >= 11 is 0. The zero-order chi connectivity index (χ0) is 20.3. The molecule has 2 aromatic carbocycles. The van der Waals surface area contributed by atoms with Gasteiger partial charge in [-0.3, -0.25) is 9.59 Å². The van der Waals surface area contributed by atoms with Crippen molar-refractivity contribution in [2.75, 3.05) is 0 Å². The lowest BCUT2D eigenvalue weighted by Crippen LogP contribution is -2.07. The van der Waals surface area contributed by atoms with Gasteiger partial charge in [-0.1, -0.05) is 23.8 Å². The van der Waals surface area contributed by atoms with Gasteiger partial charge in [-0.25, -0.2) is 9.79 Å². The minimum atomic E-state index is -0.588. The summed E-state index contributed by atoms with van der Waals surface area (Å²) in [6.45, 7) is 4.40. The molecule has 0 saturated carbocycles. The average Bonchev–Trinajstić information content (AvgIpc) is 2.97. The second-order valence-electron chi connectivity index (χ2n) is 6.10. The predicted molar refractivity (Wildman–Crippen MR) is 101 cm³/mol. The maximum Gasteiger partial charge on any atom is 0.363 e. The SMILES string of the molecule is CC(=O)Oc1ccc(C=C2N=C(c3cccc(C)c3)OC2=O)cc1OC(C)=O. The first kappa shape index (κ1) is 19.0. The van der Waals surface area contributed by atoms with Crippen molar-refractivity contribution in [2.24, 2.45) is 4.99 Å². The van der Waals surface area contributed by atoms with Crippen molar-refractivity contribution in [2.45, 2.75) is 20.8 Å².